The third kappa shape index (κ3) is 2.59. The van der Waals surface area contributed by atoms with E-state index in [2.05, 4.69) is 48.5 Å². The van der Waals surface area contributed by atoms with Gasteiger partial charge in [0, 0.05) is 6.20 Å². The van der Waals surface area contributed by atoms with E-state index in [1.807, 2.05) is 6.92 Å². The first kappa shape index (κ1) is 14.9. The number of nitrogens with zero attached hydrogens (tertiary/aromatic N) is 3. The van der Waals surface area contributed by atoms with Crippen LogP contribution in [0.4, 0.5) is 0 Å². The summed E-state index contributed by atoms with van der Waals surface area (Å²) in [5.74, 6) is 0. The number of fused-ring (bicyclic) bond motifs is 1. The average molecular weight is 478 g/mol. The second kappa shape index (κ2) is 5.33. The largest absolute Gasteiger partial charge is 0.269 e. The number of hydrogen-bond donors (Lipinski definition) is 0. The molecule has 0 fully saturated rings. The Balaban J connectivity index is 2.26. The van der Waals surface area contributed by atoms with Crippen molar-refractivity contribution in [1.82, 2.24) is 13.9 Å². The van der Waals surface area contributed by atoms with E-state index in [0.29, 0.717) is 15.8 Å². The molecule has 8 heteroatoms. The molecule has 0 saturated heterocycles. The van der Waals surface area contributed by atoms with Gasteiger partial charge in [-0.25, -0.2) is 22.4 Å². The first-order valence-electron chi connectivity index (χ1n) is 5.91. The van der Waals surface area contributed by atoms with E-state index < -0.39 is 10.0 Å². The van der Waals surface area contributed by atoms with Crippen LogP contribution in [0, 0.1) is 10.5 Å². The normalized spacial score (nSPS) is 12.0. The van der Waals surface area contributed by atoms with Gasteiger partial charge in [-0.15, -0.1) is 0 Å². The first-order valence-corrected chi connectivity index (χ1v) is 9.22. The molecule has 0 spiro atoms. The van der Waals surface area contributed by atoms with Crippen LogP contribution >= 0.6 is 38.5 Å². The molecule has 0 N–H and O–H groups in total. The molecule has 3 aromatic rings. The molecule has 0 atom stereocenters. The Labute approximate surface area is 143 Å². The first-order chi connectivity index (χ1) is 9.89. The second-order valence-corrected chi connectivity index (χ2v) is 8.25. The van der Waals surface area contributed by atoms with E-state index >= 15 is 0 Å². The van der Waals surface area contributed by atoms with Crippen molar-refractivity contribution in [2.24, 2.45) is 0 Å². The minimum atomic E-state index is -3.68. The fourth-order valence-corrected chi connectivity index (χ4v) is 4.34. The molecule has 0 aliphatic heterocycles. The molecule has 1 aromatic carbocycles. The summed E-state index contributed by atoms with van der Waals surface area (Å²) < 4.78 is 27.9. The van der Waals surface area contributed by atoms with Crippen LogP contribution in [0.15, 0.2) is 46.2 Å². The van der Waals surface area contributed by atoms with Crippen LogP contribution < -0.4 is 0 Å². The lowest BCUT2D eigenvalue weighted by Gasteiger charge is -2.06. The predicted molar refractivity (Wildman–Crippen MR) is 91.7 cm³/mol. The Morgan fingerprint density at radius 3 is 2.57 bits per heavy atom. The zero-order valence-electron chi connectivity index (χ0n) is 10.8. The maximum Gasteiger partial charge on any atom is 0.269 e. The monoisotopic (exact) mass is 477 g/mol. The van der Waals surface area contributed by atoms with Crippen LogP contribution in [-0.2, 0) is 10.0 Å². The molecule has 2 aromatic heterocycles. The molecule has 0 saturated carbocycles. The van der Waals surface area contributed by atoms with Crippen LogP contribution in [0.3, 0.4) is 0 Å². The summed E-state index contributed by atoms with van der Waals surface area (Å²) >= 11 is 5.30. The Morgan fingerprint density at radius 2 is 1.90 bits per heavy atom. The van der Waals surface area contributed by atoms with Crippen LogP contribution in [0.5, 0.6) is 0 Å². The van der Waals surface area contributed by atoms with E-state index in [4.69, 9.17) is 0 Å². The van der Waals surface area contributed by atoms with Gasteiger partial charge in [0.1, 0.15) is 10.1 Å². The van der Waals surface area contributed by atoms with Crippen molar-refractivity contribution in [1.29, 1.82) is 0 Å². The van der Waals surface area contributed by atoms with E-state index in [1.54, 1.807) is 24.3 Å². The Morgan fingerprint density at radius 1 is 1.24 bits per heavy atom. The van der Waals surface area contributed by atoms with Gasteiger partial charge in [-0.3, -0.25) is 0 Å². The van der Waals surface area contributed by atoms with Gasteiger partial charge in [0.15, 0.2) is 5.65 Å². The minimum absolute atomic E-state index is 0.228. The zero-order valence-corrected chi connectivity index (χ0v) is 15.3. The summed E-state index contributed by atoms with van der Waals surface area (Å²) in [5, 5.41) is 0. The summed E-state index contributed by atoms with van der Waals surface area (Å²) in [7, 11) is -3.68. The maximum absolute atomic E-state index is 12.7. The summed E-state index contributed by atoms with van der Waals surface area (Å²) in [4.78, 5) is 8.69. The summed E-state index contributed by atoms with van der Waals surface area (Å²) in [6.45, 7) is 1.91. The van der Waals surface area contributed by atoms with Crippen molar-refractivity contribution in [2.75, 3.05) is 0 Å². The summed E-state index contributed by atoms with van der Waals surface area (Å²) in [6, 6.07) is 6.73. The number of rotatable bonds is 2. The highest BCUT2D eigenvalue weighted by molar-refractivity contribution is 14.1. The highest BCUT2D eigenvalue weighted by atomic mass is 127. The number of halogens is 2. The fourth-order valence-electron chi connectivity index (χ4n) is 1.91. The van der Waals surface area contributed by atoms with E-state index in [0.717, 1.165) is 9.13 Å². The van der Waals surface area contributed by atoms with Gasteiger partial charge in [-0.05, 0) is 57.6 Å². The van der Waals surface area contributed by atoms with Gasteiger partial charge in [0.05, 0.1) is 14.7 Å². The van der Waals surface area contributed by atoms with E-state index in [-0.39, 0.29) is 4.90 Å². The molecule has 2 heterocycles. The SMILES string of the molecule is Cc1ccc(S(=O)(=O)n2cc(I)c3nc(Br)cnc32)cc1. The molecule has 0 aliphatic rings. The number of aryl methyl sites for hydroxylation is 1. The standard InChI is InChI=1S/C13H9BrIN3O2S/c1-8-2-4-9(5-3-8)21(19,20)18-7-10(15)12-13(18)16-6-11(14)17-12/h2-7H,1H3. The van der Waals surface area contributed by atoms with Gasteiger partial charge in [-0.2, -0.15) is 0 Å². The molecule has 0 bridgehead atoms. The highest BCUT2D eigenvalue weighted by Gasteiger charge is 2.22. The van der Waals surface area contributed by atoms with Gasteiger partial charge in [0.25, 0.3) is 10.0 Å². The van der Waals surface area contributed by atoms with Crippen molar-refractivity contribution in [3.63, 3.8) is 0 Å². The molecule has 0 amide bonds. The van der Waals surface area contributed by atoms with Gasteiger partial charge >= 0.3 is 0 Å². The molecular formula is C13H9BrIN3O2S. The fraction of sp³-hybridized carbons (Fsp3) is 0.0769. The topological polar surface area (TPSA) is 64.8 Å². The third-order valence-electron chi connectivity index (χ3n) is 2.97. The molecule has 21 heavy (non-hydrogen) atoms. The number of aromatic nitrogens is 3. The molecule has 3 rings (SSSR count). The second-order valence-electron chi connectivity index (χ2n) is 4.46. The van der Waals surface area contributed by atoms with Gasteiger partial charge < -0.3 is 0 Å². The van der Waals surface area contributed by atoms with Crippen molar-refractivity contribution in [2.45, 2.75) is 11.8 Å². The van der Waals surface area contributed by atoms with E-state index in [9.17, 15) is 8.42 Å². The number of hydrogen-bond acceptors (Lipinski definition) is 4. The highest BCUT2D eigenvalue weighted by Crippen LogP contribution is 2.25. The van der Waals surface area contributed by atoms with Crippen molar-refractivity contribution >= 4 is 59.7 Å². The van der Waals surface area contributed by atoms with Crippen LogP contribution in [-0.4, -0.2) is 22.4 Å². The lowest BCUT2D eigenvalue weighted by molar-refractivity contribution is 0.588. The Kier molecular flexibility index (Phi) is 3.78. The molecule has 0 radical (unpaired) electrons. The Hall–Kier alpha value is -1.00. The summed E-state index contributed by atoms with van der Waals surface area (Å²) in [6.07, 6.45) is 3.02. The third-order valence-corrected chi connectivity index (χ3v) is 5.80. The maximum atomic E-state index is 12.7. The predicted octanol–water partition coefficient (Wildman–Crippen LogP) is 3.34. The lowest BCUT2D eigenvalue weighted by Crippen LogP contribution is -2.12. The lowest BCUT2D eigenvalue weighted by atomic mass is 10.2. The Bertz CT molecular complexity index is 936. The van der Waals surface area contributed by atoms with Crippen LogP contribution in [0.25, 0.3) is 11.2 Å². The van der Waals surface area contributed by atoms with Crippen molar-refractivity contribution in [3.05, 3.63) is 50.4 Å². The van der Waals surface area contributed by atoms with Gasteiger partial charge in [0.2, 0.25) is 0 Å². The summed E-state index contributed by atoms with van der Waals surface area (Å²) in [5.41, 5.74) is 1.88. The van der Waals surface area contributed by atoms with E-state index in [1.165, 1.54) is 16.4 Å². The smallest absolute Gasteiger partial charge is 0.235 e. The number of benzene rings is 1. The van der Waals surface area contributed by atoms with Crippen LogP contribution in [0.1, 0.15) is 5.56 Å². The molecular weight excluding hydrogens is 469 g/mol. The molecule has 0 aliphatic carbocycles. The average Bonchev–Trinajstić information content (AvgIpc) is 2.77. The van der Waals surface area contributed by atoms with Crippen molar-refractivity contribution in [3.8, 4) is 0 Å². The minimum Gasteiger partial charge on any atom is -0.235 e. The zero-order chi connectivity index (χ0) is 15.2. The van der Waals surface area contributed by atoms with Gasteiger partial charge in [-0.1, -0.05) is 17.7 Å². The molecule has 5 nitrogen and oxygen atoms in total. The van der Waals surface area contributed by atoms with Crippen molar-refractivity contribution < 1.29 is 8.42 Å². The quantitative estimate of drug-likeness (QED) is 0.531. The van der Waals surface area contributed by atoms with Crippen LogP contribution in [0.2, 0.25) is 0 Å². The molecule has 108 valence electrons. The molecule has 0 unspecified atom stereocenters.